The topological polar surface area (TPSA) is 46.3 Å². The lowest BCUT2D eigenvalue weighted by atomic mass is 9.97. The molecule has 5 heteroatoms. The van der Waals surface area contributed by atoms with Gasteiger partial charge in [-0.25, -0.2) is 0 Å². The third-order valence-electron chi connectivity index (χ3n) is 4.30. The highest BCUT2D eigenvalue weighted by molar-refractivity contribution is 6.33. The zero-order valence-electron chi connectivity index (χ0n) is 12.8. The first-order chi connectivity index (χ1) is 10.6. The summed E-state index contributed by atoms with van der Waals surface area (Å²) in [6, 6.07) is 9.51. The van der Waals surface area contributed by atoms with Crippen molar-refractivity contribution in [3.63, 3.8) is 0 Å². The van der Waals surface area contributed by atoms with E-state index < -0.39 is 0 Å². The van der Waals surface area contributed by atoms with Crippen molar-refractivity contribution in [2.45, 2.75) is 45.2 Å². The van der Waals surface area contributed by atoms with E-state index >= 15 is 0 Å². The summed E-state index contributed by atoms with van der Waals surface area (Å²) in [5.41, 5.74) is 1.09. The molecular weight excluding hydrogens is 300 g/mol. The molecule has 0 spiro atoms. The van der Waals surface area contributed by atoms with Crippen LogP contribution in [0.2, 0.25) is 5.02 Å². The van der Waals surface area contributed by atoms with Crippen molar-refractivity contribution in [1.82, 2.24) is 10.1 Å². The summed E-state index contributed by atoms with van der Waals surface area (Å²) in [5.74, 6) is 0.452. The van der Waals surface area contributed by atoms with Gasteiger partial charge in [0.2, 0.25) is 0 Å². The van der Waals surface area contributed by atoms with E-state index in [1.807, 2.05) is 23.1 Å². The van der Waals surface area contributed by atoms with Crippen molar-refractivity contribution in [3.05, 3.63) is 41.0 Å². The van der Waals surface area contributed by atoms with Gasteiger partial charge in [-0.15, -0.1) is 0 Å². The first-order valence-electron chi connectivity index (χ1n) is 7.62. The second kappa shape index (κ2) is 6.13. The van der Waals surface area contributed by atoms with Gasteiger partial charge in [-0.1, -0.05) is 28.9 Å². The van der Waals surface area contributed by atoms with Crippen LogP contribution in [0.3, 0.4) is 0 Å². The maximum atomic E-state index is 12.7. The molecule has 0 aliphatic carbocycles. The molecule has 1 aromatic carbocycles. The Morgan fingerprint density at radius 2 is 1.95 bits per heavy atom. The Hall–Kier alpha value is -1.81. The summed E-state index contributed by atoms with van der Waals surface area (Å²) in [4.78, 5) is 14.6. The number of hydrogen-bond donors (Lipinski definition) is 0. The number of piperidine rings is 1. The molecule has 1 aromatic heterocycles. The first-order valence-corrected chi connectivity index (χ1v) is 8.00. The Kier molecular flexibility index (Phi) is 4.21. The quantitative estimate of drug-likeness (QED) is 0.824. The summed E-state index contributed by atoms with van der Waals surface area (Å²) >= 11 is 6.16. The Morgan fingerprint density at radius 1 is 1.27 bits per heavy atom. The van der Waals surface area contributed by atoms with Gasteiger partial charge in [0.1, 0.15) is 0 Å². The second-order valence-electron chi connectivity index (χ2n) is 5.90. The molecule has 1 fully saturated rings. The monoisotopic (exact) mass is 318 g/mol. The van der Waals surface area contributed by atoms with Gasteiger partial charge in [-0.3, -0.25) is 4.79 Å². The third kappa shape index (κ3) is 2.75. The number of aromatic nitrogens is 1. The summed E-state index contributed by atoms with van der Waals surface area (Å²) in [7, 11) is 0. The SMILES string of the molecule is C[C@@H]1CCC[C@@H](C)N1C(=O)c1cc(-c2ccccc2Cl)on1. The molecule has 3 rings (SSSR count). The summed E-state index contributed by atoms with van der Waals surface area (Å²) < 4.78 is 5.33. The van der Waals surface area contributed by atoms with E-state index in [2.05, 4.69) is 19.0 Å². The van der Waals surface area contributed by atoms with Gasteiger partial charge in [-0.2, -0.15) is 0 Å². The number of hydrogen-bond acceptors (Lipinski definition) is 3. The molecule has 2 atom stereocenters. The van der Waals surface area contributed by atoms with Crippen molar-refractivity contribution < 1.29 is 9.32 Å². The number of carbonyl (C=O) groups is 1. The minimum atomic E-state index is -0.0678. The van der Waals surface area contributed by atoms with Gasteiger partial charge in [-0.05, 0) is 45.2 Å². The van der Waals surface area contributed by atoms with E-state index in [9.17, 15) is 4.79 Å². The lowest BCUT2D eigenvalue weighted by molar-refractivity contribution is 0.0500. The van der Waals surface area contributed by atoms with Crippen molar-refractivity contribution in [2.24, 2.45) is 0 Å². The Balaban J connectivity index is 1.87. The van der Waals surface area contributed by atoms with Crippen LogP contribution in [0.4, 0.5) is 0 Å². The number of likely N-dealkylation sites (tertiary alicyclic amines) is 1. The second-order valence-corrected chi connectivity index (χ2v) is 6.30. The van der Waals surface area contributed by atoms with E-state index in [0.29, 0.717) is 16.5 Å². The average Bonchev–Trinajstić information content (AvgIpc) is 2.97. The standard InChI is InChI=1S/C17H19ClN2O2/c1-11-6-5-7-12(2)20(11)17(21)15-10-16(22-19-15)13-8-3-4-9-14(13)18/h3-4,8-12H,5-7H2,1-2H3/t11-,12-/m1/s1. The highest BCUT2D eigenvalue weighted by Gasteiger charge is 2.31. The molecule has 2 heterocycles. The van der Waals surface area contributed by atoms with Crippen LogP contribution >= 0.6 is 11.6 Å². The van der Waals surface area contributed by atoms with Crippen LogP contribution in [0, 0.1) is 0 Å². The van der Waals surface area contributed by atoms with Crippen LogP contribution in [0.5, 0.6) is 0 Å². The average molecular weight is 319 g/mol. The number of halogens is 1. The lowest BCUT2D eigenvalue weighted by Crippen LogP contribution is -2.47. The van der Waals surface area contributed by atoms with E-state index in [-0.39, 0.29) is 18.0 Å². The Bertz CT molecular complexity index is 673. The third-order valence-corrected chi connectivity index (χ3v) is 4.63. The molecule has 2 aromatic rings. The highest BCUT2D eigenvalue weighted by atomic mass is 35.5. The first kappa shape index (κ1) is 15.1. The predicted octanol–water partition coefficient (Wildman–Crippen LogP) is 4.40. The van der Waals surface area contributed by atoms with Crippen molar-refractivity contribution in [1.29, 1.82) is 0 Å². The smallest absolute Gasteiger partial charge is 0.276 e. The molecule has 1 aliphatic heterocycles. The van der Waals surface area contributed by atoms with Crippen LogP contribution in [0.25, 0.3) is 11.3 Å². The van der Waals surface area contributed by atoms with E-state index in [1.54, 1.807) is 12.1 Å². The molecule has 0 saturated carbocycles. The predicted molar refractivity (Wildman–Crippen MR) is 85.9 cm³/mol. The van der Waals surface area contributed by atoms with Gasteiger partial charge < -0.3 is 9.42 Å². The van der Waals surface area contributed by atoms with Crippen LogP contribution < -0.4 is 0 Å². The molecule has 1 aliphatic rings. The van der Waals surface area contributed by atoms with Crippen molar-refractivity contribution >= 4 is 17.5 Å². The molecule has 116 valence electrons. The summed E-state index contributed by atoms with van der Waals surface area (Å²) in [6.45, 7) is 4.17. The van der Waals surface area contributed by atoms with Crippen LogP contribution in [-0.4, -0.2) is 28.0 Å². The van der Waals surface area contributed by atoms with Crippen LogP contribution in [0.1, 0.15) is 43.6 Å². The minimum Gasteiger partial charge on any atom is -0.355 e. The number of amides is 1. The van der Waals surface area contributed by atoms with Crippen molar-refractivity contribution in [2.75, 3.05) is 0 Å². The van der Waals surface area contributed by atoms with Gasteiger partial charge in [0.25, 0.3) is 5.91 Å². The summed E-state index contributed by atoms with van der Waals surface area (Å²) in [6.07, 6.45) is 3.23. The van der Waals surface area contributed by atoms with Crippen LogP contribution in [0.15, 0.2) is 34.9 Å². The lowest BCUT2D eigenvalue weighted by Gasteiger charge is -2.38. The Morgan fingerprint density at radius 3 is 2.64 bits per heavy atom. The molecule has 1 saturated heterocycles. The fourth-order valence-corrected chi connectivity index (χ4v) is 3.35. The largest absolute Gasteiger partial charge is 0.355 e. The van der Waals surface area contributed by atoms with Crippen LogP contribution in [-0.2, 0) is 0 Å². The molecule has 4 nitrogen and oxygen atoms in total. The van der Waals surface area contributed by atoms with Gasteiger partial charge in [0.15, 0.2) is 11.5 Å². The van der Waals surface area contributed by atoms with Gasteiger partial charge in [0, 0.05) is 23.7 Å². The fraction of sp³-hybridized carbons (Fsp3) is 0.412. The molecule has 0 N–H and O–H groups in total. The highest BCUT2D eigenvalue weighted by Crippen LogP contribution is 2.29. The fourth-order valence-electron chi connectivity index (χ4n) is 3.12. The van der Waals surface area contributed by atoms with Crippen molar-refractivity contribution in [3.8, 4) is 11.3 Å². The molecular formula is C17H19ClN2O2. The molecule has 22 heavy (non-hydrogen) atoms. The molecule has 1 amide bonds. The van der Waals surface area contributed by atoms with Gasteiger partial charge in [0.05, 0.1) is 5.02 Å². The zero-order valence-corrected chi connectivity index (χ0v) is 13.5. The molecule has 0 radical (unpaired) electrons. The summed E-state index contributed by atoms with van der Waals surface area (Å²) in [5, 5.41) is 4.53. The number of benzene rings is 1. The van der Waals surface area contributed by atoms with E-state index in [1.165, 1.54) is 0 Å². The number of rotatable bonds is 2. The van der Waals surface area contributed by atoms with E-state index in [4.69, 9.17) is 16.1 Å². The normalized spacial score (nSPS) is 21.9. The zero-order chi connectivity index (χ0) is 15.7. The molecule has 0 unspecified atom stereocenters. The maximum Gasteiger partial charge on any atom is 0.276 e. The number of carbonyl (C=O) groups excluding carboxylic acids is 1. The molecule has 0 bridgehead atoms. The van der Waals surface area contributed by atoms with Gasteiger partial charge >= 0.3 is 0 Å². The Labute approximate surface area is 135 Å². The van der Waals surface area contributed by atoms with E-state index in [0.717, 1.165) is 24.8 Å². The minimum absolute atomic E-state index is 0.0678. The number of nitrogens with zero attached hydrogens (tertiary/aromatic N) is 2. The maximum absolute atomic E-state index is 12.7.